The zero-order valence-corrected chi connectivity index (χ0v) is 13.0. The second kappa shape index (κ2) is 6.71. The summed E-state index contributed by atoms with van der Waals surface area (Å²) in [5, 5.41) is 3.71. The number of benzene rings is 2. The second-order valence-corrected chi connectivity index (χ2v) is 5.57. The van der Waals surface area contributed by atoms with Crippen molar-refractivity contribution in [1.29, 1.82) is 0 Å². The van der Waals surface area contributed by atoms with Gasteiger partial charge < -0.3 is 10.1 Å². The Bertz CT molecular complexity index is 698. The summed E-state index contributed by atoms with van der Waals surface area (Å²) in [4.78, 5) is 24.3. The van der Waals surface area contributed by atoms with Crippen molar-refractivity contribution in [2.45, 2.75) is 12.8 Å². The number of nitrogens with one attached hydrogen (secondary N) is 1. The van der Waals surface area contributed by atoms with Gasteiger partial charge in [-0.2, -0.15) is 0 Å². The fourth-order valence-electron chi connectivity index (χ4n) is 2.25. The van der Waals surface area contributed by atoms with Crippen LogP contribution in [0.4, 0.5) is 5.69 Å². The predicted octanol–water partition coefficient (Wildman–Crippen LogP) is 3.65. The number of carbonyl (C=O) groups excluding carboxylic acids is 2. The Morgan fingerprint density at radius 2 is 1.43 bits per heavy atom. The molecule has 1 saturated heterocycles. The van der Waals surface area contributed by atoms with Gasteiger partial charge in [-0.3, -0.25) is 14.5 Å². The molecule has 118 valence electrons. The van der Waals surface area contributed by atoms with Crippen molar-refractivity contribution in [2.75, 3.05) is 12.0 Å². The molecule has 2 aromatic carbocycles. The van der Waals surface area contributed by atoms with Crippen LogP contribution in [0.25, 0.3) is 0 Å². The molecule has 0 saturated carbocycles. The van der Waals surface area contributed by atoms with Crippen molar-refractivity contribution >= 4 is 29.1 Å². The van der Waals surface area contributed by atoms with Gasteiger partial charge in [0.2, 0.25) is 11.8 Å². The van der Waals surface area contributed by atoms with E-state index in [1.165, 1.54) is 4.90 Å². The van der Waals surface area contributed by atoms with Crippen LogP contribution in [0, 0.1) is 0 Å². The van der Waals surface area contributed by atoms with Gasteiger partial charge in [0.25, 0.3) is 0 Å². The van der Waals surface area contributed by atoms with Crippen LogP contribution < -0.4 is 10.1 Å². The molecule has 0 atom stereocenters. The van der Waals surface area contributed by atoms with Crippen LogP contribution in [0.2, 0.25) is 5.02 Å². The summed E-state index contributed by atoms with van der Waals surface area (Å²) >= 11 is 5.83. The molecule has 23 heavy (non-hydrogen) atoms. The smallest absolute Gasteiger partial charge is 0.231 e. The SMILES string of the molecule is O=C1CCC(=O)N1CNc1ccc(Oc2ccc(Cl)cc2)cc1. The summed E-state index contributed by atoms with van der Waals surface area (Å²) in [5.41, 5.74) is 0.806. The number of likely N-dealkylation sites (tertiary alicyclic amines) is 1. The lowest BCUT2D eigenvalue weighted by Crippen LogP contribution is -2.33. The Balaban J connectivity index is 1.57. The minimum Gasteiger partial charge on any atom is -0.457 e. The van der Waals surface area contributed by atoms with Crippen molar-refractivity contribution in [2.24, 2.45) is 0 Å². The van der Waals surface area contributed by atoms with E-state index in [1.807, 2.05) is 24.3 Å². The molecule has 5 nitrogen and oxygen atoms in total. The number of nitrogens with zero attached hydrogens (tertiary/aromatic N) is 1. The van der Waals surface area contributed by atoms with Gasteiger partial charge in [-0.1, -0.05) is 11.6 Å². The monoisotopic (exact) mass is 330 g/mol. The number of hydrogen-bond donors (Lipinski definition) is 1. The standard InChI is InChI=1S/C17H15ClN2O3/c18-12-1-5-14(6-2-12)23-15-7-3-13(4-8-15)19-11-20-16(21)9-10-17(20)22/h1-8,19H,9-11H2. The van der Waals surface area contributed by atoms with Gasteiger partial charge >= 0.3 is 0 Å². The molecule has 0 unspecified atom stereocenters. The van der Waals surface area contributed by atoms with Gasteiger partial charge in [0.05, 0.1) is 6.67 Å². The summed E-state index contributed by atoms with van der Waals surface area (Å²) < 4.78 is 5.70. The van der Waals surface area contributed by atoms with Crippen LogP contribution in [0.3, 0.4) is 0 Å². The van der Waals surface area contributed by atoms with E-state index in [-0.39, 0.29) is 18.5 Å². The number of ether oxygens (including phenoxy) is 1. The lowest BCUT2D eigenvalue weighted by molar-refractivity contribution is -0.137. The molecule has 0 aliphatic carbocycles. The zero-order valence-electron chi connectivity index (χ0n) is 12.3. The molecule has 0 radical (unpaired) electrons. The molecule has 6 heteroatoms. The second-order valence-electron chi connectivity index (χ2n) is 5.13. The molecule has 1 heterocycles. The van der Waals surface area contributed by atoms with Crippen molar-refractivity contribution in [3.05, 3.63) is 53.6 Å². The van der Waals surface area contributed by atoms with Crippen LogP contribution in [0.15, 0.2) is 48.5 Å². The molecule has 0 bridgehead atoms. The Morgan fingerprint density at radius 3 is 2.00 bits per heavy atom. The largest absolute Gasteiger partial charge is 0.457 e. The number of rotatable bonds is 5. The summed E-state index contributed by atoms with van der Waals surface area (Å²) in [6, 6.07) is 14.4. The van der Waals surface area contributed by atoms with Crippen LogP contribution >= 0.6 is 11.6 Å². The first kappa shape index (κ1) is 15.4. The number of hydrogen-bond acceptors (Lipinski definition) is 4. The van der Waals surface area contributed by atoms with Crippen LogP contribution in [-0.4, -0.2) is 23.4 Å². The molecule has 2 aromatic rings. The summed E-state index contributed by atoms with van der Waals surface area (Å²) in [7, 11) is 0. The molecule has 1 fully saturated rings. The van der Waals surface area contributed by atoms with E-state index in [1.54, 1.807) is 24.3 Å². The van der Waals surface area contributed by atoms with Crippen LogP contribution in [-0.2, 0) is 9.59 Å². The highest BCUT2D eigenvalue weighted by molar-refractivity contribution is 6.30. The lowest BCUT2D eigenvalue weighted by atomic mass is 10.3. The molecule has 1 aliphatic rings. The van der Waals surface area contributed by atoms with Crippen molar-refractivity contribution in [3.63, 3.8) is 0 Å². The average Bonchev–Trinajstić information content (AvgIpc) is 2.88. The van der Waals surface area contributed by atoms with Crippen molar-refractivity contribution < 1.29 is 14.3 Å². The van der Waals surface area contributed by atoms with Gasteiger partial charge in [0, 0.05) is 23.6 Å². The van der Waals surface area contributed by atoms with E-state index in [0.717, 1.165) is 5.69 Å². The minimum absolute atomic E-state index is 0.134. The number of halogens is 1. The third-order valence-electron chi connectivity index (χ3n) is 3.50. The van der Waals surface area contributed by atoms with E-state index < -0.39 is 0 Å². The predicted molar refractivity (Wildman–Crippen MR) is 87.5 cm³/mol. The van der Waals surface area contributed by atoms with Crippen molar-refractivity contribution in [3.8, 4) is 11.5 Å². The maximum Gasteiger partial charge on any atom is 0.231 e. The third-order valence-corrected chi connectivity index (χ3v) is 3.75. The summed E-state index contributed by atoms with van der Waals surface area (Å²) in [6.07, 6.45) is 0.600. The minimum atomic E-state index is -0.134. The van der Waals surface area contributed by atoms with E-state index in [0.29, 0.717) is 29.4 Å². The normalized spacial score (nSPS) is 14.2. The van der Waals surface area contributed by atoms with E-state index in [4.69, 9.17) is 16.3 Å². The first-order valence-corrected chi connectivity index (χ1v) is 7.60. The van der Waals surface area contributed by atoms with Crippen LogP contribution in [0.5, 0.6) is 11.5 Å². The molecule has 0 spiro atoms. The molecule has 1 N–H and O–H groups in total. The van der Waals surface area contributed by atoms with Gasteiger partial charge in [-0.25, -0.2) is 0 Å². The lowest BCUT2D eigenvalue weighted by Gasteiger charge is -2.15. The topological polar surface area (TPSA) is 58.6 Å². The van der Waals surface area contributed by atoms with E-state index in [2.05, 4.69) is 5.32 Å². The van der Waals surface area contributed by atoms with Gasteiger partial charge in [-0.15, -0.1) is 0 Å². The fraction of sp³-hybridized carbons (Fsp3) is 0.176. The van der Waals surface area contributed by atoms with Gasteiger partial charge in [0.15, 0.2) is 0 Å². The quantitative estimate of drug-likeness (QED) is 0.850. The maximum absolute atomic E-state index is 11.5. The third kappa shape index (κ3) is 3.81. The van der Waals surface area contributed by atoms with Gasteiger partial charge in [0.1, 0.15) is 11.5 Å². The average molecular weight is 331 g/mol. The van der Waals surface area contributed by atoms with Crippen molar-refractivity contribution in [1.82, 2.24) is 4.90 Å². The molecular weight excluding hydrogens is 316 g/mol. The van der Waals surface area contributed by atoms with Gasteiger partial charge in [-0.05, 0) is 48.5 Å². The number of carbonyl (C=O) groups is 2. The highest BCUT2D eigenvalue weighted by Crippen LogP contribution is 2.24. The molecule has 0 aromatic heterocycles. The molecular formula is C17H15ClN2O3. The zero-order chi connectivity index (χ0) is 16.2. The number of imide groups is 1. The Kier molecular flexibility index (Phi) is 4.48. The molecule has 2 amide bonds. The Hall–Kier alpha value is -2.53. The maximum atomic E-state index is 11.5. The highest BCUT2D eigenvalue weighted by atomic mass is 35.5. The van der Waals surface area contributed by atoms with E-state index in [9.17, 15) is 9.59 Å². The first-order valence-electron chi connectivity index (χ1n) is 7.22. The first-order chi connectivity index (χ1) is 11.1. The number of amides is 2. The highest BCUT2D eigenvalue weighted by Gasteiger charge is 2.28. The fourth-order valence-corrected chi connectivity index (χ4v) is 2.38. The molecule has 1 aliphatic heterocycles. The Labute approximate surface area is 138 Å². The summed E-state index contributed by atoms with van der Waals surface area (Å²) in [5.74, 6) is 1.12. The Morgan fingerprint density at radius 1 is 0.913 bits per heavy atom. The number of anilines is 1. The summed E-state index contributed by atoms with van der Waals surface area (Å²) in [6.45, 7) is 0.190. The van der Waals surface area contributed by atoms with E-state index >= 15 is 0 Å². The van der Waals surface area contributed by atoms with Crippen LogP contribution in [0.1, 0.15) is 12.8 Å². The molecule has 3 rings (SSSR count).